The molecule has 1 aliphatic heterocycles. The van der Waals surface area contributed by atoms with E-state index in [1.807, 2.05) is 30.1 Å². The van der Waals surface area contributed by atoms with Crippen molar-refractivity contribution in [2.75, 3.05) is 20.1 Å². The predicted octanol–water partition coefficient (Wildman–Crippen LogP) is 2.30. The monoisotopic (exact) mass is 283 g/mol. The molecule has 2 unspecified atom stereocenters. The Labute approximate surface area is 117 Å². The molecule has 0 amide bonds. The number of benzene rings is 1. The number of fused-ring (bicyclic) bond motifs is 1. The molecule has 4 nitrogen and oxygen atoms in total. The maximum atomic E-state index is 10.8. The van der Waals surface area contributed by atoms with E-state index in [9.17, 15) is 4.79 Å². The van der Waals surface area contributed by atoms with Gasteiger partial charge >= 0.3 is 5.97 Å². The van der Waals surface area contributed by atoms with E-state index in [4.69, 9.17) is 21.4 Å². The summed E-state index contributed by atoms with van der Waals surface area (Å²) in [5.41, 5.74) is 1.12. The van der Waals surface area contributed by atoms with Gasteiger partial charge in [-0.3, -0.25) is 4.79 Å². The molecule has 104 valence electrons. The summed E-state index contributed by atoms with van der Waals surface area (Å²) in [6.45, 7) is 2.94. The summed E-state index contributed by atoms with van der Waals surface area (Å²) in [5, 5.41) is 9.61. The Morgan fingerprint density at radius 3 is 3.05 bits per heavy atom. The topological polar surface area (TPSA) is 49.8 Å². The molecule has 0 saturated carbocycles. The molecule has 0 fully saturated rings. The molecule has 1 N–H and O–H groups in total. The first-order valence-corrected chi connectivity index (χ1v) is 6.70. The van der Waals surface area contributed by atoms with Crippen molar-refractivity contribution < 1.29 is 14.6 Å². The molecule has 5 heteroatoms. The summed E-state index contributed by atoms with van der Waals surface area (Å²) in [4.78, 5) is 12.8. The largest absolute Gasteiger partial charge is 0.488 e. The van der Waals surface area contributed by atoms with Crippen LogP contribution >= 0.6 is 11.6 Å². The van der Waals surface area contributed by atoms with Crippen molar-refractivity contribution in [3.63, 3.8) is 0 Å². The van der Waals surface area contributed by atoms with Gasteiger partial charge in [-0.2, -0.15) is 0 Å². The fraction of sp³-hybridized carbons (Fsp3) is 0.500. The predicted molar refractivity (Wildman–Crippen MR) is 73.9 cm³/mol. The van der Waals surface area contributed by atoms with Crippen molar-refractivity contribution >= 4 is 17.6 Å². The van der Waals surface area contributed by atoms with Crippen LogP contribution in [0.25, 0.3) is 0 Å². The molecule has 0 bridgehead atoms. The van der Waals surface area contributed by atoms with E-state index in [0.29, 0.717) is 13.1 Å². The third kappa shape index (κ3) is 3.61. The Hall–Kier alpha value is -1.26. The SMILES string of the molecule is CC(CN(C)CC1Cc2cc(Cl)ccc2O1)C(=O)O. The average molecular weight is 284 g/mol. The van der Waals surface area contributed by atoms with Gasteiger partial charge in [0.2, 0.25) is 0 Å². The van der Waals surface area contributed by atoms with Crippen molar-refractivity contribution in [2.24, 2.45) is 5.92 Å². The number of carboxylic acids is 1. The first-order valence-electron chi connectivity index (χ1n) is 6.32. The van der Waals surface area contributed by atoms with Crippen LogP contribution < -0.4 is 4.74 Å². The number of aliphatic carboxylic acids is 1. The van der Waals surface area contributed by atoms with Crippen LogP contribution in [0, 0.1) is 5.92 Å². The van der Waals surface area contributed by atoms with Crippen molar-refractivity contribution in [3.05, 3.63) is 28.8 Å². The smallest absolute Gasteiger partial charge is 0.307 e. The van der Waals surface area contributed by atoms with Crippen molar-refractivity contribution in [1.29, 1.82) is 0 Å². The summed E-state index contributed by atoms with van der Waals surface area (Å²) in [6.07, 6.45) is 0.890. The number of rotatable bonds is 5. The fourth-order valence-corrected chi connectivity index (χ4v) is 2.55. The summed E-state index contributed by atoms with van der Waals surface area (Å²) >= 11 is 5.95. The lowest BCUT2D eigenvalue weighted by atomic mass is 10.1. The summed E-state index contributed by atoms with van der Waals surface area (Å²) < 4.78 is 5.83. The molecule has 0 radical (unpaired) electrons. The fourth-order valence-electron chi connectivity index (χ4n) is 2.36. The molecular weight excluding hydrogens is 266 g/mol. The Bertz CT molecular complexity index is 478. The molecule has 2 rings (SSSR count). The van der Waals surface area contributed by atoms with E-state index in [0.717, 1.165) is 22.8 Å². The molecule has 1 aromatic carbocycles. The first-order chi connectivity index (χ1) is 8.95. The third-order valence-corrected chi connectivity index (χ3v) is 3.52. The number of carbonyl (C=O) groups is 1. The lowest BCUT2D eigenvalue weighted by Gasteiger charge is -2.22. The average Bonchev–Trinajstić information content (AvgIpc) is 2.69. The van der Waals surface area contributed by atoms with Gasteiger partial charge in [0.05, 0.1) is 5.92 Å². The van der Waals surface area contributed by atoms with Crippen LogP contribution in [-0.4, -0.2) is 42.2 Å². The maximum absolute atomic E-state index is 10.8. The van der Waals surface area contributed by atoms with Crippen LogP contribution in [0.3, 0.4) is 0 Å². The number of carboxylic acid groups (broad SMARTS) is 1. The molecule has 0 aliphatic carbocycles. The lowest BCUT2D eigenvalue weighted by Crippen LogP contribution is -2.36. The Kier molecular flexibility index (Phi) is 4.32. The Balaban J connectivity index is 1.88. The van der Waals surface area contributed by atoms with Crippen LogP contribution in [0.4, 0.5) is 0 Å². The minimum atomic E-state index is -0.769. The van der Waals surface area contributed by atoms with Gasteiger partial charge in [0.25, 0.3) is 0 Å². The van der Waals surface area contributed by atoms with Gasteiger partial charge in [0, 0.05) is 24.5 Å². The highest BCUT2D eigenvalue weighted by Gasteiger charge is 2.25. The third-order valence-electron chi connectivity index (χ3n) is 3.29. The zero-order chi connectivity index (χ0) is 14.0. The quantitative estimate of drug-likeness (QED) is 0.901. The second-order valence-electron chi connectivity index (χ2n) is 5.16. The highest BCUT2D eigenvalue weighted by atomic mass is 35.5. The van der Waals surface area contributed by atoms with Crippen LogP contribution in [0.1, 0.15) is 12.5 Å². The van der Waals surface area contributed by atoms with Crippen LogP contribution in [-0.2, 0) is 11.2 Å². The number of nitrogens with zero attached hydrogens (tertiary/aromatic N) is 1. The van der Waals surface area contributed by atoms with Gasteiger partial charge in [0.1, 0.15) is 11.9 Å². The second-order valence-corrected chi connectivity index (χ2v) is 5.59. The van der Waals surface area contributed by atoms with Crippen molar-refractivity contribution in [2.45, 2.75) is 19.4 Å². The van der Waals surface area contributed by atoms with E-state index in [2.05, 4.69) is 0 Å². The number of ether oxygens (including phenoxy) is 1. The summed E-state index contributed by atoms with van der Waals surface area (Å²) in [6, 6.07) is 5.63. The van der Waals surface area contributed by atoms with Gasteiger partial charge in [-0.15, -0.1) is 0 Å². The number of hydrogen-bond donors (Lipinski definition) is 1. The molecule has 1 aliphatic rings. The van der Waals surface area contributed by atoms with E-state index in [1.165, 1.54) is 0 Å². The zero-order valence-electron chi connectivity index (χ0n) is 11.1. The van der Waals surface area contributed by atoms with E-state index in [-0.39, 0.29) is 12.0 Å². The summed E-state index contributed by atoms with van der Waals surface area (Å²) in [5.74, 6) is -0.258. The second kappa shape index (κ2) is 5.80. The standard InChI is InChI=1S/C14H18ClNO3/c1-9(14(17)18)7-16(2)8-12-6-10-5-11(15)3-4-13(10)19-12/h3-5,9,12H,6-8H2,1-2H3,(H,17,18). The zero-order valence-corrected chi connectivity index (χ0v) is 11.9. The Morgan fingerprint density at radius 1 is 1.63 bits per heavy atom. The van der Waals surface area contributed by atoms with Gasteiger partial charge in [-0.25, -0.2) is 0 Å². The summed E-state index contributed by atoms with van der Waals surface area (Å²) in [7, 11) is 1.92. The van der Waals surface area contributed by atoms with E-state index < -0.39 is 5.97 Å². The lowest BCUT2D eigenvalue weighted by molar-refractivity contribution is -0.141. The molecule has 2 atom stereocenters. The number of likely N-dealkylation sites (N-methyl/N-ethyl adjacent to an activating group) is 1. The molecule has 0 aromatic heterocycles. The van der Waals surface area contributed by atoms with Crippen LogP contribution in [0.5, 0.6) is 5.75 Å². The first kappa shape index (κ1) is 14.2. The van der Waals surface area contributed by atoms with E-state index in [1.54, 1.807) is 6.92 Å². The van der Waals surface area contributed by atoms with Crippen LogP contribution in [0.2, 0.25) is 5.02 Å². The van der Waals surface area contributed by atoms with E-state index >= 15 is 0 Å². The highest BCUT2D eigenvalue weighted by Crippen LogP contribution is 2.31. The maximum Gasteiger partial charge on any atom is 0.307 e. The highest BCUT2D eigenvalue weighted by molar-refractivity contribution is 6.30. The van der Waals surface area contributed by atoms with Gasteiger partial charge in [-0.05, 0) is 30.8 Å². The minimum Gasteiger partial charge on any atom is -0.488 e. The number of hydrogen-bond acceptors (Lipinski definition) is 3. The van der Waals surface area contributed by atoms with Gasteiger partial charge in [-0.1, -0.05) is 18.5 Å². The molecule has 19 heavy (non-hydrogen) atoms. The molecule has 1 heterocycles. The normalized spacial score (nSPS) is 19.1. The molecular formula is C14H18ClNO3. The molecule has 0 spiro atoms. The molecule has 0 saturated heterocycles. The van der Waals surface area contributed by atoms with Crippen molar-refractivity contribution in [3.8, 4) is 5.75 Å². The van der Waals surface area contributed by atoms with Gasteiger partial charge < -0.3 is 14.7 Å². The Morgan fingerprint density at radius 2 is 2.37 bits per heavy atom. The minimum absolute atomic E-state index is 0.0689. The number of halogens is 1. The van der Waals surface area contributed by atoms with Crippen molar-refractivity contribution in [1.82, 2.24) is 4.90 Å². The van der Waals surface area contributed by atoms with Crippen LogP contribution in [0.15, 0.2) is 18.2 Å². The molecule has 1 aromatic rings. The van der Waals surface area contributed by atoms with Gasteiger partial charge in [0.15, 0.2) is 0 Å².